The van der Waals surface area contributed by atoms with Crippen molar-refractivity contribution in [2.24, 2.45) is 0 Å². The largest absolute Gasteiger partial charge is 0.496 e. The van der Waals surface area contributed by atoms with Crippen LogP contribution in [0.25, 0.3) is 10.9 Å². The third-order valence-corrected chi connectivity index (χ3v) is 8.44. The number of alkyl halides is 3. The van der Waals surface area contributed by atoms with Gasteiger partial charge in [-0.25, -0.2) is 14.2 Å². The van der Waals surface area contributed by atoms with Gasteiger partial charge in [0.2, 0.25) is 5.91 Å². The summed E-state index contributed by atoms with van der Waals surface area (Å²) in [6.45, 7) is 4.67. The van der Waals surface area contributed by atoms with E-state index in [0.717, 1.165) is 17.7 Å². The molecule has 4 rings (SSSR count). The molecule has 1 aliphatic heterocycles. The van der Waals surface area contributed by atoms with Crippen LogP contribution in [-0.2, 0) is 20.7 Å². The molecular weight excluding hydrogens is 519 g/mol. The van der Waals surface area contributed by atoms with Gasteiger partial charge in [0.25, 0.3) is 0 Å². The molecule has 2 heterocycles. The summed E-state index contributed by atoms with van der Waals surface area (Å²) in [5.41, 5.74) is 1.00. The topological polar surface area (TPSA) is 117 Å². The molecule has 2 aromatic carbocycles. The molecule has 3 N–H and O–H groups in total. The van der Waals surface area contributed by atoms with E-state index in [1.807, 2.05) is 6.07 Å². The van der Waals surface area contributed by atoms with E-state index in [9.17, 15) is 22.2 Å². The van der Waals surface area contributed by atoms with Crippen molar-refractivity contribution in [1.29, 1.82) is 4.78 Å². The summed E-state index contributed by atoms with van der Waals surface area (Å²) in [4.78, 5) is 20.6. The first-order valence-electron chi connectivity index (χ1n) is 12.1. The van der Waals surface area contributed by atoms with Gasteiger partial charge in [0.15, 0.2) is 0 Å². The van der Waals surface area contributed by atoms with Gasteiger partial charge in [0.05, 0.1) is 24.2 Å². The summed E-state index contributed by atoms with van der Waals surface area (Å²) in [7, 11) is -0.989. The minimum atomic E-state index is -4.59. The lowest BCUT2D eigenvalue weighted by molar-refractivity contribution is -0.137. The Kier molecular flexibility index (Phi) is 7.55. The number of nitrogens with zero attached hydrogens (tertiary/aromatic N) is 2. The molecule has 0 spiro atoms. The average Bonchev–Trinajstić information content (AvgIpc) is 2.82. The van der Waals surface area contributed by atoms with Crippen LogP contribution in [0.5, 0.6) is 5.75 Å². The van der Waals surface area contributed by atoms with Crippen LogP contribution in [0.3, 0.4) is 0 Å². The fourth-order valence-corrected chi connectivity index (χ4v) is 6.28. The number of halogens is 3. The lowest BCUT2D eigenvalue weighted by Gasteiger charge is -2.26. The number of rotatable bonds is 6. The van der Waals surface area contributed by atoms with Crippen LogP contribution in [0, 0.1) is 11.7 Å². The molecule has 12 heteroatoms. The van der Waals surface area contributed by atoms with Crippen LogP contribution in [0.15, 0.2) is 30.3 Å². The summed E-state index contributed by atoms with van der Waals surface area (Å²) in [6.07, 6.45) is -3.41. The molecule has 1 fully saturated rings. The second-order valence-electron chi connectivity index (χ2n) is 9.61. The maximum Gasteiger partial charge on any atom is 0.416 e. The van der Waals surface area contributed by atoms with E-state index >= 15 is 0 Å². The summed E-state index contributed by atoms with van der Waals surface area (Å²) >= 11 is 0. The smallest absolute Gasteiger partial charge is 0.416 e. The zero-order chi connectivity index (χ0) is 27.8. The number of hydrogen-bond donors (Lipinski definition) is 3. The highest BCUT2D eigenvalue weighted by atomic mass is 32.2. The van der Waals surface area contributed by atoms with Crippen LogP contribution < -0.4 is 15.4 Å². The van der Waals surface area contributed by atoms with E-state index in [-0.39, 0.29) is 11.6 Å². The van der Waals surface area contributed by atoms with Crippen molar-refractivity contribution < 1.29 is 26.9 Å². The van der Waals surface area contributed by atoms with Crippen molar-refractivity contribution in [1.82, 2.24) is 9.97 Å². The first-order chi connectivity index (χ1) is 17.8. The number of aromatic nitrogens is 2. The molecule has 8 nitrogen and oxygen atoms in total. The Morgan fingerprint density at radius 2 is 1.84 bits per heavy atom. The first kappa shape index (κ1) is 27.6. The number of carbonyl (C=O) groups excluding carboxylic acids is 1. The number of carbonyl (C=O) groups is 1. The van der Waals surface area contributed by atoms with Gasteiger partial charge in [0.1, 0.15) is 17.4 Å². The highest BCUT2D eigenvalue weighted by Gasteiger charge is 2.32. The van der Waals surface area contributed by atoms with E-state index in [2.05, 4.69) is 20.6 Å². The van der Waals surface area contributed by atoms with Gasteiger partial charge in [-0.15, -0.1) is 0 Å². The van der Waals surface area contributed by atoms with E-state index in [1.54, 1.807) is 27.0 Å². The lowest BCUT2D eigenvalue weighted by atomic mass is 9.91. The molecule has 204 valence electrons. The predicted molar refractivity (Wildman–Crippen MR) is 141 cm³/mol. The summed E-state index contributed by atoms with van der Waals surface area (Å²) in [6, 6.07) is 6.57. The number of benzene rings is 2. The zero-order valence-corrected chi connectivity index (χ0v) is 22.3. The maximum atomic E-state index is 13.6. The number of methoxy groups -OCH3 is 1. The van der Waals surface area contributed by atoms with Crippen molar-refractivity contribution in [2.45, 2.75) is 51.7 Å². The van der Waals surface area contributed by atoms with E-state index < -0.39 is 33.4 Å². The molecule has 38 heavy (non-hydrogen) atoms. The first-order valence-corrected chi connectivity index (χ1v) is 14.0. The predicted octanol–water partition coefficient (Wildman–Crippen LogP) is 6.02. The fourth-order valence-electron chi connectivity index (χ4n) is 4.75. The molecule has 0 saturated carbocycles. The van der Waals surface area contributed by atoms with Gasteiger partial charge in [-0.05, 0) is 68.0 Å². The Labute approximate surface area is 219 Å². The Hall–Kier alpha value is -3.41. The third kappa shape index (κ3) is 6.17. The van der Waals surface area contributed by atoms with E-state index in [0.29, 0.717) is 58.2 Å². The molecule has 1 saturated heterocycles. The molecule has 3 aromatic rings. The molecule has 1 aromatic heterocycles. The molecule has 0 bridgehead atoms. The number of nitrogens with one attached hydrogen (secondary N) is 3. The quantitative estimate of drug-likeness (QED) is 0.346. The fraction of sp³-hybridized carbons (Fsp3) is 0.423. The molecular formula is C26H30F3N5O3S. The molecule has 1 amide bonds. The molecule has 1 atom stereocenters. The Balaban J connectivity index is 1.75. The minimum Gasteiger partial charge on any atom is -0.496 e. The molecule has 0 aliphatic carbocycles. The normalized spacial score (nSPS) is 20.7. The van der Waals surface area contributed by atoms with Gasteiger partial charge >= 0.3 is 6.18 Å². The minimum absolute atomic E-state index is 0.0459. The number of aryl methyl sites for hydroxylation is 1. The van der Waals surface area contributed by atoms with Crippen LogP contribution in [0.1, 0.15) is 61.2 Å². The summed E-state index contributed by atoms with van der Waals surface area (Å²) < 4.78 is 66.5. The molecule has 0 unspecified atom stereocenters. The molecule has 1 aliphatic rings. The standard InChI is InChI=1S/C26H30F3N5O3S/c1-14(18-9-19(26(27,28)29)11-20(10-18)34-16(3)35)31-25-22-12-21(17-5-7-38(30,36)8-6-17)24(37-4)13-23(22)32-15(2)33-25/h9-14,17,30H,5-8H2,1-4H3,(H,34,35)(H,31,32,33)/t14-,17?,38?/m1/s1. The Morgan fingerprint density at radius 3 is 2.45 bits per heavy atom. The number of anilines is 2. The van der Waals surface area contributed by atoms with Gasteiger partial charge in [0, 0.05) is 45.3 Å². The summed E-state index contributed by atoms with van der Waals surface area (Å²) in [5.74, 6) is 1.76. The second-order valence-corrected chi connectivity index (χ2v) is 12.1. The van der Waals surface area contributed by atoms with Crippen LogP contribution in [0.4, 0.5) is 24.7 Å². The lowest BCUT2D eigenvalue weighted by Crippen LogP contribution is -2.21. The highest BCUT2D eigenvalue weighted by molar-refractivity contribution is 7.92. The number of ether oxygens (including phenoxy) is 1. The van der Waals surface area contributed by atoms with Crippen LogP contribution in [-0.4, -0.2) is 38.7 Å². The Bertz CT molecular complexity index is 1480. The van der Waals surface area contributed by atoms with Crippen LogP contribution in [0.2, 0.25) is 0 Å². The SMILES string of the molecule is COc1cc2nc(C)nc(N[C@H](C)c3cc(NC(C)=O)cc(C(F)(F)F)c3)c2cc1C1CCS(=N)(=O)CC1. The second kappa shape index (κ2) is 10.4. The zero-order valence-electron chi connectivity index (χ0n) is 21.5. The number of hydrogen-bond acceptors (Lipinski definition) is 7. The van der Waals surface area contributed by atoms with Crippen molar-refractivity contribution in [3.8, 4) is 5.75 Å². The van der Waals surface area contributed by atoms with Crippen LogP contribution >= 0.6 is 0 Å². The van der Waals surface area contributed by atoms with E-state index in [1.165, 1.54) is 13.0 Å². The van der Waals surface area contributed by atoms with Gasteiger partial charge in [-0.3, -0.25) is 9.57 Å². The number of fused-ring (bicyclic) bond motifs is 1. The molecule has 0 radical (unpaired) electrons. The maximum absolute atomic E-state index is 13.6. The third-order valence-electron chi connectivity index (χ3n) is 6.65. The monoisotopic (exact) mass is 549 g/mol. The van der Waals surface area contributed by atoms with Crippen molar-refractivity contribution in [2.75, 3.05) is 29.2 Å². The van der Waals surface area contributed by atoms with E-state index in [4.69, 9.17) is 9.52 Å². The van der Waals surface area contributed by atoms with Crippen molar-refractivity contribution in [3.05, 3.63) is 52.8 Å². The highest BCUT2D eigenvalue weighted by Crippen LogP contribution is 2.39. The number of amides is 1. The van der Waals surface area contributed by atoms with Gasteiger partial charge in [-0.2, -0.15) is 13.2 Å². The van der Waals surface area contributed by atoms with Crippen molar-refractivity contribution >= 4 is 38.0 Å². The van der Waals surface area contributed by atoms with Gasteiger partial charge < -0.3 is 15.4 Å². The van der Waals surface area contributed by atoms with Gasteiger partial charge in [-0.1, -0.05) is 0 Å². The van der Waals surface area contributed by atoms with Crippen molar-refractivity contribution in [3.63, 3.8) is 0 Å². The average molecular weight is 550 g/mol. The Morgan fingerprint density at radius 1 is 1.16 bits per heavy atom. The summed E-state index contributed by atoms with van der Waals surface area (Å²) in [5, 5.41) is 6.34.